The quantitative estimate of drug-likeness (QED) is 0.507. The van der Waals surface area contributed by atoms with Crippen molar-refractivity contribution < 1.29 is 19.1 Å². The lowest BCUT2D eigenvalue weighted by Crippen LogP contribution is -2.44. The number of hydrogen-bond acceptors (Lipinski definition) is 6. The molecule has 1 saturated carbocycles. The van der Waals surface area contributed by atoms with Gasteiger partial charge in [0.1, 0.15) is 5.69 Å². The van der Waals surface area contributed by atoms with Gasteiger partial charge >= 0.3 is 0 Å². The van der Waals surface area contributed by atoms with Crippen molar-refractivity contribution in [1.29, 1.82) is 0 Å². The van der Waals surface area contributed by atoms with Crippen molar-refractivity contribution in [3.63, 3.8) is 0 Å². The summed E-state index contributed by atoms with van der Waals surface area (Å²) in [6.07, 6.45) is 4.99. The van der Waals surface area contributed by atoms with Crippen LogP contribution in [0.5, 0.6) is 0 Å². The lowest BCUT2D eigenvalue weighted by atomic mass is 9.71. The maximum Gasteiger partial charge on any atom is 0.272 e. The smallest absolute Gasteiger partial charge is 0.272 e. The molecule has 11 heteroatoms. The molecule has 2 aromatic rings. The first-order chi connectivity index (χ1) is 17.9. The fourth-order valence-electron chi connectivity index (χ4n) is 5.62. The zero-order chi connectivity index (χ0) is 25.8. The Bertz CT molecular complexity index is 1140. The molecule has 3 N–H and O–H groups in total. The van der Waals surface area contributed by atoms with Gasteiger partial charge in [-0.1, -0.05) is 17.7 Å². The fraction of sp³-hybridized carbons (Fsp3) is 0.538. The molecule has 1 aromatic heterocycles. The predicted molar refractivity (Wildman–Crippen MR) is 139 cm³/mol. The molecular formula is C26H33ClN6O4. The minimum absolute atomic E-state index is 0.0694. The number of nitrogens with one attached hydrogen (secondary N) is 3. The van der Waals surface area contributed by atoms with Crippen molar-refractivity contribution in [2.45, 2.75) is 38.1 Å². The van der Waals surface area contributed by atoms with Crippen molar-refractivity contribution in [1.82, 2.24) is 25.5 Å². The number of amides is 3. The number of aromatic amines is 1. The minimum atomic E-state index is -0.387. The van der Waals surface area contributed by atoms with Gasteiger partial charge in [0.15, 0.2) is 5.69 Å². The number of hydrogen-bond donors (Lipinski definition) is 3. The third kappa shape index (κ3) is 5.66. The highest BCUT2D eigenvalue weighted by Crippen LogP contribution is 2.46. The van der Waals surface area contributed by atoms with Crippen LogP contribution in [-0.4, -0.2) is 84.6 Å². The Kier molecular flexibility index (Phi) is 7.78. The summed E-state index contributed by atoms with van der Waals surface area (Å²) in [4.78, 5) is 50.0. The summed E-state index contributed by atoms with van der Waals surface area (Å²) in [5.41, 5.74) is 0.698. The first-order valence-corrected chi connectivity index (χ1v) is 13.3. The second kappa shape index (κ2) is 11.2. The second-order valence-corrected chi connectivity index (χ2v) is 10.5. The molecule has 0 radical (unpaired) electrons. The van der Waals surface area contributed by atoms with Gasteiger partial charge in [0.25, 0.3) is 11.8 Å². The number of benzene rings is 1. The summed E-state index contributed by atoms with van der Waals surface area (Å²) < 4.78 is 5.34. The van der Waals surface area contributed by atoms with Gasteiger partial charge in [0.05, 0.1) is 25.0 Å². The van der Waals surface area contributed by atoms with E-state index in [-0.39, 0.29) is 40.6 Å². The van der Waals surface area contributed by atoms with Gasteiger partial charge in [0.2, 0.25) is 5.91 Å². The van der Waals surface area contributed by atoms with Crippen LogP contribution < -0.4 is 15.5 Å². The van der Waals surface area contributed by atoms with E-state index >= 15 is 0 Å². The van der Waals surface area contributed by atoms with Gasteiger partial charge in [-0.25, -0.2) is 4.98 Å². The summed E-state index contributed by atoms with van der Waals surface area (Å²) in [5.74, 6) is -0.585. The van der Waals surface area contributed by atoms with E-state index in [9.17, 15) is 14.4 Å². The van der Waals surface area contributed by atoms with Crippen LogP contribution in [0.3, 0.4) is 0 Å². The monoisotopic (exact) mass is 528 g/mol. The number of morpholine rings is 1. The molecule has 2 saturated heterocycles. The number of H-pyrrole nitrogens is 1. The van der Waals surface area contributed by atoms with E-state index in [1.807, 2.05) is 23.1 Å². The summed E-state index contributed by atoms with van der Waals surface area (Å²) in [5, 5.41) is 6.51. The van der Waals surface area contributed by atoms with E-state index in [0.29, 0.717) is 57.0 Å². The third-order valence-electron chi connectivity index (χ3n) is 7.81. The second-order valence-electron chi connectivity index (χ2n) is 10.1. The zero-order valence-corrected chi connectivity index (χ0v) is 21.6. The van der Waals surface area contributed by atoms with E-state index in [4.69, 9.17) is 16.3 Å². The largest absolute Gasteiger partial charge is 0.379 e. The van der Waals surface area contributed by atoms with E-state index in [2.05, 4.69) is 25.5 Å². The molecule has 37 heavy (non-hydrogen) atoms. The molecule has 0 atom stereocenters. The SMILES string of the molecule is O=C(NC1CCC2(CC1)CCN(c1cccc(Cl)c1)C2=O)c1nc[nH]c1C(=O)NCCN1CCOCC1. The molecule has 0 bridgehead atoms. The van der Waals surface area contributed by atoms with Gasteiger partial charge in [-0.3, -0.25) is 19.3 Å². The molecule has 1 aliphatic carbocycles. The predicted octanol–water partition coefficient (Wildman–Crippen LogP) is 2.22. The molecule has 1 spiro atoms. The Morgan fingerprint density at radius 2 is 1.92 bits per heavy atom. The summed E-state index contributed by atoms with van der Waals surface area (Å²) in [7, 11) is 0. The third-order valence-corrected chi connectivity index (χ3v) is 8.04. The normalized spacial score (nSPS) is 24.4. The van der Waals surface area contributed by atoms with E-state index < -0.39 is 0 Å². The Hall–Kier alpha value is -2.95. The van der Waals surface area contributed by atoms with Crippen molar-refractivity contribution in [2.75, 3.05) is 50.8 Å². The molecule has 0 unspecified atom stereocenters. The lowest BCUT2D eigenvalue weighted by molar-refractivity contribution is -0.127. The highest BCUT2D eigenvalue weighted by molar-refractivity contribution is 6.31. The van der Waals surface area contributed by atoms with Gasteiger partial charge in [0, 0.05) is 49.5 Å². The van der Waals surface area contributed by atoms with E-state index in [0.717, 1.165) is 31.7 Å². The Morgan fingerprint density at radius 3 is 2.68 bits per heavy atom. The number of imidazole rings is 1. The van der Waals surface area contributed by atoms with Gasteiger partial charge in [-0.05, 0) is 50.3 Å². The highest BCUT2D eigenvalue weighted by atomic mass is 35.5. The minimum Gasteiger partial charge on any atom is -0.379 e. The van der Waals surface area contributed by atoms with Crippen LogP contribution in [0.4, 0.5) is 5.69 Å². The number of nitrogens with zero attached hydrogens (tertiary/aromatic N) is 3. The van der Waals surface area contributed by atoms with Crippen LogP contribution >= 0.6 is 11.6 Å². The average molecular weight is 529 g/mol. The summed E-state index contributed by atoms with van der Waals surface area (Å²) >= 11 is 6.13. The maximum absolute atomic E-state index is 13.3. The molecule has 198 valence electrons. The molecule has 1 aromatic carbocycles. The van der Waals surface area contributed by atoms with Crippen molar-refractivity contribution in [2.24, 2.45) is 5.41 Å². The van der Waals surface area contributed by atoms with Gasteiger partial charge < -0.3 is 25.3 Å². The first kappa shape index (κ1) is 25.7. The Morgan fingerprint density at radius 1 is 1.14 bits per heavy atom. The van der Waals surface area contributed by atoms with Crippen molar-refractivity contribution in [3.8, 4) is 0 Å². The summed E-state index contributed by atoms with van der Waals surface area (Å²) in [6, 6.07) is 7.32. The van der Waals surface area contributed by atoms with Crippen LogP contribution in [-0.2, 0) is 9.53 Å². The lowest BCUT2D eigenvalue weighted by Gasteiger charge is -2.36. The number of rotatable bonds is 7. The molecule has 3 fully saturated rings. The zero-order valence-electron chi connectivity index (χ0n) is 20.8. The average Bonchev–Trinajstić information content (AvgIpc) is 3.52. The first-order valence-electron chi connectivity index (χ1n) is 13.0. The molecule has 3 amide bonds. The van der Waals surface area contributed by atoms with E-state index in [1.54, 1.807) is 6.07 Å². The Labute approximate surface area is 221 Å². The van der Waals surface area contributed by atoms with Crippen molar-refractivity contribution >= 4 is 35.0 Å². The van der Waals surface area contributed by atoms with Crippen LogP contribution in [0, 0.1) is 5.41 Å². The number of ether oxygens (including phenoxy) is 1. The van der Waals surface area contributed by atoms with Crippen LogP contribution in [0.2, 0.25) is 5.02 Å². The number of aromatic nitrogens is 2. The molecule has 3 aliphatic rings. The molecule has 10 nitrogen and oxygen atoms in total. The van der Waals surface area contributed by atoms with E-state index in [1.165, 1.54) is 6.33 Å². The topological polar surface area (TPSA) is 120 Å². The number of halogens is 1. The molecule has 5 rings (SSSR count). The molecule has 2 aliphatic heterocycles. The van der Waals surface area contributed by atoms with Gasteiger partial charge in [-0.2, -0.15) is 0 Å². The number of carbonyl (C=O) groups excluding carboxylic acids is 3. The van der Waals surface area contributed by atoms with Gasteiger partial charge in [-0.15, -0.1) is 0 Å². The van der Waals surface area contributed by atoms with Crippen LogP contribution in [0.25, 0.3) is 0 Å². The van der Waals surface area contributed by atoms with Crippen LogP contribution in [0.15, 0.2) is 30.6 Å². The standard InChI is InChI=1S/C26H33ClN6O4/c27-18-2-1-3-20(16-18)33-10-8-26(25(33)36)6-4-19(5-7-26)31-24(35)22-21(29-17-30-22)23(34)28-9-11-32-12-14-37-15-13-32/h1-3,16-17,19H,4-15H2,(H,28,34)(H,29,30)(H,31,35). The number of anilines is 1. The summed E-state index contributed by atoms with van der Waals surface area (Å²) in [6.45, 7) is 4.98. The molecule has 3 heterocycles. The maximum atomic E-state index is 13.3. The van der Waals surface area contributed by atoms with Crippen molar-refractivity contribution in [3.05, 3.63) is 47.0 Å². The molecular weight excluding hydrogens is 496 g/mol. The Balaban J connectivity index is 1.12. The van der Waals surface area contributed by atoms with Crippen LogP contribution in [0.1, 0.15) is 53.1 Å². The fourth-order valence-corrected chi connectivity index (χ4v) is 5.81. The number of carbonyl (C=O) groups is 3. The highest BCUT2D eigenvalue weighted by Gasteiger charge is 2.48.